The Morgan fingerprint density at radius 2 is 1.74 bits per heavy atom. The number of nitrogens with zero attached hydrogens (tertiary/aromatic N) is 3. The van der Waals surface area contributed by atoms with Gasteiger partial charge in [0.1, 0.15) is 11.6 Å². The average Bonchev–Trinajstić information content (AvgIpc) is 2.52. The molecule has 1 heterocycles. The van der Waals surface area contributed by atoms with Gasteiger partial charge in [-0.3, -0.25) is 0 Å². The van der Waals surface area contributed by atoms with E-state index in [1.165, 1.54) is 0 Å². The van der Waals surface area contributed by atoms with Gasteiger partial charge in [-0.1, -0.05) is 18.2 Å². The summed E-state index contributed by atoms with van der Waals surface area (Å²) >= 11 is 0. The van der Waals surface area contributed by atoms with Gasteiger partial charge in [-0.2, -0.15) is 0 Å². The van der Waals surface area contributed by atoms with Crippen LogP contribution in [0.3, 0.4) is 0 Å². The SMILES string of the molecule is Cc1nc2ccccc2nc1NCc1ccc(N(C)C)c(F)c1. The molecular weight excluding hydrogens is 291 g/mol. The molecule has 1 N–H and O–H groups in total. The number of aromatic nitrogens is 2. The fraction of sp³-hybridized carbons (Fsp3) is 0.222. The van der Waals surface area contributed by atoms with Gasteiger partial charge in [0.25, 0.3) is 0 Å². The lowest BCUT2D eigenvalue weighted by Crippen LogP contribution is -2.11. The van der Waals surface area contributed by atoms with Crippen LogP contribution in [0, 0.1) is 12.7 Å². The highest BCUT2D eigenvalue weighted by Gasteiger charge is 2.07. The van der Waals surface area contributed by atoms with Gasteiger partial charge in [0, 0.05) is 20.6 Å². The molecule has 0 bridgehead atoms. The minimum atomic E-state index is -0.226. The number of benzene rings is 2. The predicted octanol–water partition coefficient (Wildman–Crippen LogP) is 3.76. The van der Waals surface area contributed by atoms with E-state index in [0.717, 1.165) is 28.1 Å². The molecule has 3 rings (SSSR count). The highest BCUT2D eigenvalue weighted by atomic mass is 19.1. The number of halogens is 1. The van der Waals surface area contributed by atoms with Crippen molar-refractivity contribution in [3.8, 4) is 0 Å². The number of nitrogens with one attached hydrogen (secondary N) is 1. The van der Waals surface area contributed by atoms with Crippen molar-refractivity contribution < 1.29 is 4.39 Å². The normalized spacial score (nSPS) is 10.8. The molecule has 4 nitrogen and oxygen atoms in total. The van der Waals surface area contributed by atoms with Crippen LogP contribution in [0.25, 0.3) is 11.0 Å². The third kappa shape index (κ3) is 3.23. The minimum Gasteiger partial charge on any atom is -0.375 e. The van der Waals surface area contributed by atoms with E-state index >= 15 is 0 Å². The van der Waals surface area contributed by atoms with Crippen LogP contribution in [0.5, 0.6) is 0 Å². The molecule has 0 saturated carbocycles. The second kappa shape index (κ2) is 6.20. The molecular formula is C18H19FN4. The van der Waals surface area contributed by atoms with E-state index in [1.807, 2.05) is 51.4 Å². The molecule has 2 aromatic carbocycles. The minimum absolute atomic E-state index is 0.226. The highest BCUT2D eigenvalue weighted by molar-refractivity contribution is 5.76. The predicted molar refractivity (Wildman–Crippen MR) is 92.3 cm³/mol. The summed E-state index contributed by atoms with van der Waals surface area (Å²) in [6, 6.07) is 13.0. The van der Waals surface area contributed by atoms with Gasteiger partial charge in [0.05, 0.1) is 22.4 Å². The maximum atomic E-state index is 14.0. The molecule has 1 aromatic heterocycles. The number of aryl methyl sites for hydroxylation is 1. The number of para-hydroxylation sites is 2. The molecule has 23 heavy (non-hydrogen) atoms. The van der Waals surface area contributed by atoms with Crippen LogP contribution in [0.2, 0.25) is 0 Å². The first kappa shape index (κ1) is 15.2. The molecule has 0 fully saturated rings. The number of hydrogen-bond acceptors (Lipinski definition) is 4. The Kier molecular flexibility index (Phi) is 4.10. The smallest absolute Gasteiger partial charge is 0.148 e. The number of hydrogen-bond donors (Lipinski definition) is 1. The third-order valence-corrected chi connectivity index (χ3v) is 3.70. The molecule has 0 aliphatic carbocycles. The monoisotopic (exact) mass is 310 g/mol. The van der Waals surface area contributed by atoms with Crippen molar-refractivity contribution in [1.82, 2.24) is 9.97 Å². The largest absolute Gasteiger partial charge is 0.375 e. The number of fused-ring (bicyclic) bond motifs is 1. The summed E-state index contributed by atoms with van der Waals surface area (Å²) in [6.07, 6.45) is 0. The van der Waals surface area contributed by atoms with Gasteiger partial charge >= 0.3 is 0 Å². The summed E-state index contributed by atoms with van der Waals surface area (Å²) in [6.45, 7) is 2.41. The molecule has 5 heteroatoms. The van der Waals surface area contributed by atoms with Gasteiger partial charge in [0.15, 0.2) is 0 Å². The first-order chi connectivity index (χ1) is 11.0. The fourth-order valence-corrected chi connectivity index (χ4v) is 2.46. The van der Waals surface area contributed by atoms with Crippen LogP contribution < -0.4 is 10.2 Å². The third-order valence-electron chi connectivity index (χ3n) is 3.70. The quantitative estimate of drug-likeness (QED) is 0.797. The van der Waals surface area contributed by atoms with E-state index in [2.05, 4.69) is 15.3 Å². The molecule has 118 valence electrons. The van der Waals surface area contributed by atoms with E-state index in [9.17, 15) is 4.39 Å². The molecule has 0 aliphatic rings. The van der Waals surface area contributed by atoms with E-state index in [-0.39, 0.29) is 5.82 Å². The summed E-state index contributed by atoms with van der Waals surface area (Å²) in [5.74, 6) is 0.497. The Hall–Kier alpha value is -2.69. The highest BCUT2D eigenvalue weighted by Crippen LogP contribution is 2.20. The van der Waals surface area contributed by atoms with Gasteiger partial charge in [0.2, 0.25) is 0 Å². The van der Waals surface area contributed by atoms with Gasteiger partial charge in [-0.25, -0.2) is 14.4 Å². The van der Waals surface area contributed by atoms with Crippen molar-refractivity contribution in [3.63, 3.8) is 0 Å². The molecule has 3 aromatic rings. The van der Waals surface area contributed by atoms with Crippen molar-refractivity contribution in [2.24, 2.45) is 0 Å². The number of rotatable bonds is 4. The lowest BCUT2D eigenvalue weighted by molar-refractivity contribution is 0.624. The standard InChI is InChI=1S/C18H19FN4/c1-12-18(22-16-7-5-4-6-15(16)21-12)20-11-13-8-9-17(23(2)3)14(19)10-13/h4-10H,11H2,1-3H3,(H,20,22). The summed E-state index contributed by atoms with van der Waals surface area (Å²) in [7, 11) is 3.65. The van der Waals surface area contributed by atoms with E-state index in [4.69, 9.17) is 0 Å². The zero-order chi connectivity index (χ0) is 16.4. The van der Waals surface area contributed by atoms with Crippen molar-refractivity contribution >= 4 is 22.5 Å². The molecule has 0 saturated heterocycles. The van der Waals surface area contributed by atoms with Gasteiger partial charge in [-0.05, 0) is 36.8 Å². The summed E-state index contributed by atoms with van der Waals surface area (Å²) < 4.78 is 14.0. The van der Waals surface area contributed by atoms with Gasteiger partial charge in [-0.15, -0.1) is 0 Å². The van der Waals surface area contributed by atoms with Crippen LogP contribution in [0.4, 0.5) is 15.9 Å². The van der Waals surface area contributed by atoms with Crippen LogP contribution in [0.1, 0.15) is 11.3 Å². The zero-order valence-electron chi connectivity index (χ0n) is 13.5. The fourth-order valence-electron chi connectivity index (χ4n) is 2.46. The van der Waals surface area contributed by atoms with Crippen molar-refractivity contribution in [2.75, 3.05) is 24.3 Å². The first-order valence-corrected chi connectivity index (χ1v) is 7.47. The van der Waals surface area contributed by atoms with E-state index < -0.39 is 0 Å². The second-order valence-electron chi connectivity index (χ2n) is 5.68. The van der Waals surface area contributed by atoms with Crippen molar-refractivity contribution in [3.05, 3.63) is 59.5 Å². The summed E-state index contributed by atoms with van der Waals surface area (Å²) in [5, 5.41) is 3.24. The maximum absolute atomic E-state index is 14.0. The Morgan fingerprint density at radius 3 is 2.39 bits per heavy atom. The second-order valence-corrected chi connectivity index (χ2v) is 5.68. The topological polar surface area (TPSA) is 41.1 Å². The Balaban J connectivity index is 1.80. The Labute approximate surface area is 135 Å². The lowest BCUT2D eigenvalue weighted by Gasteiger charge is -2.15. The first-order valence-electron chi connectivity index (χ1n) is 7.47. The molecule has 0 amide bonds. The Morgan fingerprint density at radius 1 is 1.04 bits per heavy atom. The van der Waals surface area contributed by atoms with E-state index in [1.54, 1.807) is 17.0 Å². The zero-order valence-corrected chi connectivity index (χ0v) is 13.5. The van der Waals surface area contributed by atoms with Crippen LogP contribution >= 0.6 is 0 Å². The van der Waals surface area contributed by atoms with Gasteiger partial charge < -0.3 is 10.2 Å². The summed E-state index contributed by atoms with van der Waals surface area (Å²) in [5.41, 5.74) is 3.98. The molecule has 0 spiro atoms. The number of anilines is 2. The molecule has 0 aliphatic heterocycles. The lowest BCUT2D eigenvalue weighted by atomic mass is 10.2. The van der Waals surface area contributed by atoms with Crippen molar-refractivity contribution in [1.29, 1.82) is 0 Å². The average molecular weight is 310 g/mol. The summed E-state index contributed by atoms with van der Waals surface area (Å²) in [4.78, 5) is 10.9. The Bertz CT molecular complexity index is 846. The van der Waals surface area contributed by atoms with Crippen LogP contribution in [-0.4, -0.2) is 24.1 Å². The van der Waals surface area contributed by atoms with Crippen LogP contribution in [0.15, 0.2) is 42.5 Å². The molecule has 0 atom stereocenters. The van der Waals surface area contributed by atoms with E-state index in [0.29, 0.717) is 12.2 Å². The van der Waals surface area contributed by atoms with Crippen LogP contribution in [-0.2, 0) is 6.54 Å². The molecule has 0 radical (unpaired) electrons. The van der Waals surface area contributed by atoms with Crippen molar-refractivity contribution in [2.45, 2.75) is 13.5 Å². The maximum Gasteiger partial charge on any atom is 0.148 e. The molecule has 0 unspecified atom stereocenters.